The molecule has 1 aliphatic carbocycles. The van der Waals surface area contributed by atoms with Crippen molar-refractivity contribution in [3.63, 3.8) is 0 Å². The van der Waals surface area contributed by atoms with Crippen LogP contribution in [0.2, 0.25) is 0 Å². The molecule has 1 saturated heterocycles. The molecule has 1 atom stereocenters. The highest BCUT2D eigenvalue weighted by Crippen LogP contribution is 2.47. The third-order valence-corrected chi connectivity index (χ3v) is 11.3. The van der Waals surface area contributed by atoms with Crippen LogP contribution in [0.15, 0.2) is 42.0 Å². The van der Waals surface area contributed by atoms with Crippen LogP contribution in [-0.2, 0) is 11.3 Å². The van der Waals surface area contributed by atoms with Crippen LogP contribution in [0.25, 0.3) is 28.2 Å². The molecule has 1 saturated carbocycles. The summed E-state index contributed by atoms with van der Waals surface area (Å²) in [6.45, 7) is 12.3. The monoisotopic (exact) mass is 674 g/mol. The third-order valence-electron chi connectivity index (χ3n) is 9.96. The fourth-order valence-corrected chi connectivity index (χ4v) is 7.83. The highest BCUT2D eigenvalue weighted by molar-refractivity contribution is 8.10. The minimum absolute atomic E-state index is 0.114. The van der Waals surface area contributed by atoms with Gasteiger partial charge in [-0.3, -0.25) is 14.3 Å². The normalized spacial score (nSPS) is 17.1. The highest BCUT2D eigenvalue weighted by Gasteiger charge is 2.32. The van der Waals surface area contributed by atoms with E-state index in [1.165, 1.54) is 42.3 Å². The van der Waals surface area contributed by atoms with Crippen LogP contribution in [0, 0.1) is 5.92 Å². The standard InChI is InChI=1S/C36H46N4O3S.2C2H6/c1-6-24-16-18-39(19-17-24)36(42)28-20-27-21-29(43-4)13-15-30(27)34-33(25-10-8-7-9-11-25)31-14-12-26(22-32(31)40(34)23-28)35(41)37-44(5)38(2)3;2*1-2/h12-15,20-22,24-25H,5-11,16-19,23H2,1-4H3,(H,37,41);2*1-2H3. The summed E-state index contributed by atoms with van der Waals surface area (Å²) in [5.74, 6) is 5.97. The lowest BCUT2D eigenvalue weighted by atomic mass is 9.81. The first-order valence-electron chi connectivity index (χ1n) is 18.2. The first kappa shape index (κ1) is 37.5. The second-order valence-electron chi connectivity index (χ2n) is 12.8. The average molecular weight is 675 g/mol. The van der Waals surface area contributed by atoms with Gasteiger partial charge in [-0.15, -0.1) is 0 Å². The molecule has 1 N–H and O–H groups in total. The molecular formula is C40H58N4O3S. The molecule has 8 heteroatoms. The van der Waals surface area contributed by atoms with Crippen molar-refractivity contribution in [1.82, 2.24) is 18.5 Å². The molecule has 3 heterocycles. The maximum atomic E-state index is 14.2. The lowest BCUT2D eigenvalue weighted by molar-refractivity contribution is -0.128. The maximum Gasteiger partial charge on any atom is 0.261 e. The first-order valence-corrected chi connectivity index (χ1v) is 19.5. The summed E-state index contributed by atoms with van der Waals surface area (Å²) in [6.07, 6.45) is 11.4. The predicted molar refractivity (Wildman–Crippen MR) is 206 cm³/mol. The molecular weight excluding hydrogens is 617 g/mol. The van der Waals surface area contributed by atoms with Gasteiger partial charge in [-0.05, 0) is 116 Å². The van der Waals surface area contributed by atoms with E-state index in [2.05, 4.69) is 46.4 Å². The quantitative estimate of drug-likeness (QED) is 0.254. The van der Waals surface area contributed by atoms with Crippen LogP contribution in [-0.4, -0.2) is 65.8 Å². The van der Waals surface area contributed by atoms with E-state index in [0.29, 0.717) is 23.9 Å². The Morgan fingerprint density at radius 1 is 0.979 bits per heavy atom. The summed E-state index contributed by atoms with van der Waals surface area (Å²) in [4.78, 5) is 29.6. The number of nitrogens with one attached hydrogen (secondary N) is 1. The SMILES string of the molecule is C=S(NC(=O)c1ccc2c(C3CCCCC3)c3n(c2c1)CC(C(=O)N1CCC(CC)CC1)=Cc1cc(OC)ccc1-3)N(C)C.CC.CC. The lowest BCUT2D eigenvalue weighted by Gasteiger charge is -2.32. The van der Waals surface area contributed by atoms with Crippen molar-refractivity contribution in [3.8, 4) is 17.0 Å². The number of carbonyl (C=O) groups is 2. The van der Waals surface area contributed by atoms with Crippen molar-refractivity contribution in [2.45, 2.75) is 98.4 Å². The Hall–Kier alpha value is -3.36. The number of fused-ring (bicyclic) bond motifs is 5. The first-order chi connectivity index (χ1) is 23.3. The van der Waals surface area contributed by atoms with E-state index in [-0.39, 0.29) is 11.8 Å². The van der Waals surface area contributed by atoms with Gasteiger partial charge < -0.3 is 14.2 Å². The number of nitrogens with zero attached hydrogens (tertiary/aromatic N) is 3. The third kappa shape index (κ3) is 7.92. The number of ether oxygens (including phenoxy) is 1. The number of likely N-dealkylation sites (tertiary alicyclic amines) is 1. The van der Waals surface area contributed by atoms with E-state index in [4.69, 9.17) is 4.74 Å². The summed E-state index contributed by atoms with van der Waals surface area (Å²) < 4.78 is 12.9. The van der Waals surface area contributed by atoms with Crippen LogP contribution in [0.3, 0.4) is 0 Å². The number of rotatable bonds is 7. The van der Waals surface area contributed by atoms with Gasteiger partial charge in [0.25, 0.3) is 11.8 Å². The topological polar surface area (TPSA) is 66.8 Å². The molecule has 2 fully saturated rings. The van der Waals surface area contributed by atoms with E-state index in [1.807, 2.05) is 69.2 Å². The summed E-state index contributed by atoms with van der Waals surface area (Å²) >= 11 is 0. The summed E-state index contributed by atoms with van der Waals surface area (Å²) in [6, 6.07) is 12.4. The van der Waals surface area contributed by atoms with E-state index >= 15 is 0 Å². The zero-order valence-corrected chi connectivity index (χ0v) is 31.5. The van der Waals surface area contributed by atoms with Crippen LogP contribution >= 0.6 is 10.9 Å². The van der Waals surface area contributed by atoms with Crippen LogP contribution in [0.5, 0.6) is 5.75 Å². The number of methoxy groups -OCH3 is 1. The Kier molecular flexibility index (Phi) is 13.5. The molecule has 2 aromatic carbocycles. The second kappa shape index (κ2) is 17.3. The van der Waals surface area contributed by atoms with Gasteiger partial charge in [-0.25, -0.2) is 4.31 Å². The van der Waals surface area contributed by atoms with Crippen molar-refractivity contribution in [2.75, 3.05) is 34.3 Å². The van der Waals surface area contributed by atoms with Gasteiger partial charge in [-0.1, -0.05) is 66.4 Å². The molecule has 2 amide bonds. The zero-order chi connectivity index (χ0) is 35.0. The Morgan fingerprint density at radius 3 is 2.29 bits per heavy atom. The van der Waals surface area contributed by atoms with E-state index in [9.17, 15) is 9.59 Å². The predicted octanol–water partition coefficient (Wildman–Crippen LogP) is 9.28. The Bertz CT molecular complexity index is 1620. The summed E-state index contributed by atoms with van der Waals surface area (Å²) in [7, 11) is 4.87. The highest BCUT2D eigenvalue weighted by atomic mass is 32.2. The van der Waals surface area contributed by atoms with Gasteiger partial charge >= 0.3 is 0 Å². The lowest BCUT2D eigenvalue weighted by Crippen LogP contribution is -2.39. The minimum atomic E-state index is -0.635. The fraction of sp³-hybridized carbons (Fsp3) is 0.525. The summed E-state index contributed by atoms with van der Waals surface area (Å²) in [5.41, 5.74) is 7.06. The van der Waals surface area contributed by atoms with E-state index in [0.717, 1.165) is 66.7 Å². The maximum absolute atomic E-state index is 14.2. The van der Waals surface area contributed by atoms with Gasteiger partial charge in [0.1, 0.15) is 5.75 Å². The molecule has 1 aromatic heterocycles. The van der Waals surface area contributed by atoms with Crippen molar-refractivity contribution in [2.24, 2.45) is 5.92 Å². The molecule has 0 spiro atoms. The number of amides is 2. The minimum Gasteiger partial charge on any atom is -0.497 e. The van der Waals surface area contributed by atoms with Crippen LogP contribution < -0.4 is 9.46 Å². The van der Waals surface area contributed by atoms with Gasteiger partial charge in [0, 0.05) is 40.7 Å². The number of benzene rings is 2. The largest absolute Gasteiger partial charge is 0.497 e. The van der Waals surface area contributed by atoms with Crippen molar-refractivity contribution in [1.29, 1.82) is 0 Å². The molecule has 0 bridgehead atoms. The summed E-state index contributed by atoms with van der Waals surface area (Å²) in [5, 5.41) is 1.18. The van der Waals surface area contributed by atoms with Gasteiger partial charge in [-0.2, -0.15) is 0 Å². The number of hydrogen-bond acceptors (Lipinski definition) is 4. The molecule has 48 heavy (non-hydrogen) atoms. The molecule has 2 aliphatic heterocycles. The molecule has 6 rings (SSSR count). The molecule has 1 unspecified atom stereocenters. The van der Waals surface area contributed by atoms with Crippen LogP contribution in [0.4, 0.5) is 0 Å². The Labute approximate surface area is 291 Å². The number of hydrogen-bond donors (Lipinski definition) is 1. The van der Waals surface area contributed by atoms with Crippen molar-refractivity contribution >= 4 is 45.5 Å². The van der Waals surface area contributed by atoms with Gasteiger partial charge in [0.15, 0.2) is 0 Å². The van der Waals surface area contributed by atoms with Gasteiger partial charge in [0.05, 0.1) is 19.3 Å². The molecule has 262 valence electrons. The Balaban J connectivity index is 0.00000125. The molecule has 0 radical (unpaired) electrons. The number of piperidine rings is 1. The van der Waals surface area contributed by atoms with E-state index in [1.54, 1.807) is 7.11 Å². The molecule has 3 aromatic rings. The van der Waals surface area contributed by atoms with Crippen LogP contribution in [0.1, 0.15) is 113 Å². The van der Waals surface area contributed by atoms with Crippen molar-refractivity contribution in [3.05, 3.63) is 58.7 Å². The number of carbonyl (C=O) groups excluding carboxylic acids is 2. The number of aromatic nitrogens is 1. The van der Waals surface area contributed by atoms with Crippen molar-refractivity contribution < 1.29 is 14.3 Å². The average Bonchev–Trinajstić information content (AvgIpc) is 3.35. The zero-order valence-electron chi connectivity index (χ0n) is 30.7. The Morgan fingerprint density at radius 2 is 1.67 bits per heavy atom. The van der Waals surface area contributed by atoms with E-state index < -0.39 is 10.9 Å². The molecule has 3 aliphatic rings. The second-order valence-corrected chi connectivity index (χ2v) is 14.5. The van der Waals surface area contributed by atoms with Gasteiger partial charge in [0.2, 0.25) is 0 Å². The smallest absolute Gasteiger partial charge is 0.261 e. The fourth-order valence-electron chi connectivity index (χ4n) is 7.32. The molecule has 7 nitrogen and oxygen atoms in total.